The van der Waals surface area contributed by atoms with Gasteiger partial charge >= 0.3 is 5.97 Å². The number of aromatic amines is 1. The molecule has 0 bridgehead atoms. The predicted molar refractivity (Wildman–Crippen MR) is 56.3 cm³/mol. The number of hydrogen-bond donors (Lipinski definition) is 2. The summed E-state index contributed by atoms with van der Waals surface area (Å²) in [5.41, 5.74) is 0. The van der Waals surface area contributed by atoms with Crippen LogP contribution in [0, 0.1) is 0 Å². The van der Waals surface area contributed by atoms with E-state index in [0.717, 1.165) is 0 Å². The highest BCUT2D eigenvalue weighted by Crippen LogP contribution is 2.01. The molecule has 0 aromatic carbocycles. The highest BCUT2D eigenvalue weighted by atomic mass is 35.5. The zero-order chi connectivity index (χ0) is 12.0. The lowest BCUT2D eigenvalue weighted by atomic mass is 10.3. The maximum absolute atomic E-state index is 11.2. The lowest BCUT2D eigenvalue weighted by Gasteiger charge is -1.97. The van der Waals surface area contributed by atoms with Gasteiger partial charge in [-0.05, 0) is 6.42 Å². The Morgan fingerprint density at radius 3 is 2.94 bits per heavy atom. The van der Waals surface area contributed by atoms with Crippen molar-refractivity contribution in [2.24, 2.45) is 0 Å². The van der Waals surface area contributed by atoms with E-state index in [-0.39, 0.29) is 24.1 Å². The minimum atomic E-state index is -0.645. The van der Waals surface area contributed by atoms with Crippen molar-refractivity contribution in [3.63, 3.8) is 0 Å². The van der Waals surface area contributed by atoms with Gasteiger partial charge in [0.1, 0.15) is 0 Å². The molecule has 1 aromatic rings. The van der Waals surface area contributed by atoms with Crippen LogP contribution in [-0.2, 0) is 9.53 Å². The van der Waals surface area contributed by atoms with Gasteiger partial charge in [0.15, 0.2) is 0 Å². The number of nitrogens with one attached hydrogen (secondary N) is 2. The van der Waals surface area contributed by atoms with E-state index in [4.69, 9.17) is 11.6 Å². The smallest absolute Gasteiger partial charge is 0.375 e. The summed E-state index contributed by atoms with van der Waals surface area (Å²) in [7, 11) is 1.23. The molecule has 0 saturated heterocycles. The number of aromatic nitrogens is 3. The predicted octanol–water partition coefficient (Wildman–Crippen LogP) is 0.549. The number of nitrogens with zero attached hydrogens (tertiary/aromatic N) is 2. The first kappa shape index (κ1) is 12.4. The van der Waals surface area contributed by atoms with Crippen molar-refractivity contribution >= 4 is 29.4 Å². The number of rotatable bonds is 5. The molecule has 0 radical (unpaired) electrons. The third-order valence-electron chi connectivity index (χ3n) is 1.65. The van der Waals surface area contributed by atoms with Gasteiger partial charge in [0, 0.05) is 12.3 Å². The van der Waals surface area contributed by atoms with Gasteiger partial charge in [0.05, 0.1) is 7.11 Å². The summed E-state index contributed by atoms with van der Waals surface area (Å²) in [6.07, 6.45) is 0.854. The van der Waals surface area contributed by atoms with Crippen LogP contribution in [0.15, 0.2) is 0 Å². The van der Waals surface area contributed by atoms with Gasteiger partial charge in [-0.3, -0.25) is 15.2 Å². The molecular weight excluding hydrogens is 236 g/mol. The molecule has 0 aliphatic rings. The van der Waals surface area contributed by atoms with E-state index in [2.05, 4.69) is 25.2 Å². The first-order valence-corrected chi connectivity index (χ1v) is 5.07. The first-order valence-electron chi connectivity index (χ1n) is 4.54. The van der Waals surface area contributed by atoms with E-state index in [1.165, 1.54) is 7.11 Å². The molecule has 1 amide bonds. The Morgan fingerprint density at radius 2 is 2.31 bits per heavy atom. The topological polar surface area (TPSA) is 97.0 Å². The minimum absolute atomic E-state index is 0.0416. The average molecular weight is 247 g/mol. The van der Waals surface area contributed by atoms with Crippen LogP contribution in [0.5, 0.6) is 0 Å². The van der Waals surface area contributed by atoms with E-state index in [1.807, 2.05) is 0 Å². The third kappa shape index (κ3) is 3.50. The molecule has 0 atom stereocenters. The zero-order valence-electron chi connectivity index (χ0n) is 8.62. The second kappa shape index (κ2) is 6.06. The Hall–Kier alpha value is -1.63. The SMILES string of the molecule is COC(=O)c1nc(NC(=O)CCCCl)n[nH]1. The summed E-state index contributed by atoms with van der Waals surface area (Å²) < 4.78 is 4.42. The normalized spacial score (nSPS) is 9.88. The first-order chi connectivity index (χ1) is 7.67. The molecule has 0 aliphatic heterocycles. The van der Waals surface area contributed by atoms with Crippen LogP contribution in [-0.4, -0.2) is 40.0 Å². The molecule has 1 aromatic heterocycles. The second-order valence-corrected chi connectivity index (χ2v) is 3.22. The fourth-order valence-corrected chi connectivity index (χ4v) is 1.05. The number of alkyl halides is 1. The highest BCUT2D eigenvalue weighted by Gasteiger charge is 2.13. The standard InChI is InChI=1S/C8H11ClN4O3/c1-16-7(15)6-11-8(13-12-6)10-5(14)3-2-4-9/h2-4H2,1H3,(H2,10,11,12,13,14). The summed E-state index contributed by atoms with van der Waals surface area (Å²) >= 11 is 5.43. The van der Waals surface area contributed by atoms with Crippen molar-refractivity contribution in [3.05, 3.63) is 5.82 Å². The Kier molecular flexibility index (Phi) is 4.71. The van der Waals surface area contributed by atoms with Gasteiger partial charge in [0.2, 0.25) is 17.7 Å². The Balaban J connectivity index is 2.52. The van der Waals surface area contributed by atoms with E-state index in [1.54, 1.807) is 0 Å². The number of H-pyrrole nitrogens is 1. The molecule has 0 unspecified atom stereocenters. The Morgan fingerprint density at radius 1 is 1.56 bits per heavy atom. The van der Waals surface area contributed by atoms with Crippen LogP contribution in [0.25, 0.3) is 0 Å². The molecule has 7 nitrogen and oxygen atoms in total. The fourth-order valence-electron chi connectivity index (χ4n) is 0.920. The number of methoxy groups -OCH3 is 1. The monoisotopic (exact) mass is 246 g/mol. The Labute approximate surface area is 96.5 Å². The van der Waals surface area contributed by atoms with Crippen LogP contribution in [0.3, 0.4) is 0 Å². The Bertz CT molecular complexity index is 379. The van der Waals surface area contributed by atoms with Gasteiger partial charge in [-0.25, -0.2) is 4.79 Å². The van der Waals surface area contributed by atoms with Crippen molar-refractivity contribution in [1.82, 2.24) is 15.2 Å². The van der Waals surface area contributed by atoms with Crippen molar-refractivity contribution in [3.8, 4) is 0 Å². The summed E-state index contributed by atoms with van der Waals surface area (Å²) in [5, 5.41) is 8.39. The molecule has 2 N–H and O–H groups in total. The average Bonchev–Trinajstić information content (AvgIpc) is 2.73. The number of amides is 1. The zero-order valence-corrected chi connectivity index (χ0v) is 9.37. The number of anilines is 1. The molecule has 16 heavy (non-hydrogen) atoms. The largest absolute Gasteiger partial charge is 0.463 e. The van der Waals surface area contributed by atoms with Crippen LogP contribution < -0.4 is 5.32 Å². The molecular formula is C8H11ClN4O3. The lowest BCUT2D eigenvalue weighted by molar-refractivity contribution is -0.116. The van der Waals surface area contributed by atoms with Crippen LogP contribution in [0.2, 0.25) is 0 Å². The number of hydrogen-bond acceptors (Lipinski definition) is 5. The van der Waals surface area contributed by atoms with Crippen molar-refractivity contribution in [1.29, 1.82) is 0 Å². The van der Waals surface area contributed by atoms with Gasteiger partial charge in [-0.15, -0.1) is 16.7 Å². The molecule has 1 heterocycles. The van der Waals surface area contributed by atoms with Gasteiger partial charge in [0.25, 0.3) is 0 Å². The molecule has 0 fully saturated rings. The molecule has 8 heteroatoms. The summed E-state index contributed by atoms with van der Waals surface area (Å²) in [4.78, 5) is 26.0. The van der Waals surface area contributed by atoms with E-state index < -0.39 is 5.97 Å². The second-order valence-electron chi connectivity index (χ2n) is 2.84. The summed E-state index contributed by atoms with van der Waals surface area (Å²) in [5.74, 6) is -0.505. The van der Waals surface area contributed by atoms with E-state index in [0.29, 0.717) is 12.3 Å². The summed E-state index contributed by atoms with van der Waals surface area (Å²) in [6, 6.07) is 0. The third-order valence-corrected chi connectivity index (χ3v) is 1.92. The fraction of sp³-hybridized carbons (Fsp3) is 0.500. The number of ether oxygens (including phenoxy) is 1. The molecule has 1 rings (SSSR count). The molecule has 0 saturated carbocycles. The maximum atomic E-state index is 11.2. The van der Waals surface area contributed by atoms with Gasteiger partial charge < -0.3 is 4.74 Å². The highest BCUT2D eigenvalue weighted by molar-refractivity contribution is 6.18. The minimum Gasteiger partial charge on any atom is -0.463 e. The van der Waals surface area contributed by atoms with Crippen molar-refractivity contribution in [2.75, 3.05) is 18.3 Å². The van der Waals surface area contributed by atoms with Crippen LogP contribution in [0.1, 0.15) is 23.5 Å². The molecule has 88 valence electrons. The summed E-state index contributed by atoms with van der Waals surface area (Å²) in [6.45, 7) is 0. The van der Waals surface area contributed by atoms with Crippen molar-refractivity contribution in [2.45, 2.75) is 12.8 Å². The van der Waals surface area contributed by atoms with Crippen LogP contribution in [0.4, 0.5) is 5.95 Å². The van der Waals surface area contributed by atoms with Crippen LogP contribution >= 0.6 is 11.6 Å². The van der Waals surface area contributed by atoms with Gasteiger partial charge in [-0.2, -0.15) is 4.98 Å². The van der Waals surface area contributed by atoms with Crippen molar-refractivity contribution < 1.29 is 14.3 Å². The van der Waals surface area contributed by atoms with E-state index >= 15 is 0 Å². The molecule has 0 aliphatic carbocycles. The molecule has 0 spiro atoms. The lowest BCUT2D eigenvalue weighted by Crippen LogP contribution is -2.12. The quantitative estimate of drug-likeness (QED) is 0.584. The van der Waals surface area contributed by atoms with Gasteiger partial charge in [-0.1, -0.05) is 0 Å². The maximum Gasteiger partial charge on any atom is 0.375 e. The number of carbonyl (C=O) groups is 2. The number of halogens is 1. The van der Waals surface area contributed by atoms with E-state index in [9.17, 15) is 9.59 Å². The number of carbonyl (C=O) groups excluding carboxylic acids is 2. The number of esters is 1.